The molecular weight excluding hydrogens is 497 g/mol. The Morgan fingerprint density at radius 3 is 2.44 bits per heavy atom. The number of aromatic amines is 1. The zero-order valence-electron chi connectivity index (χ0n) is 18.4. The van der Waals surface area contributed by atoms with Crippen molar-refractivity contribution < 1.29 is 41.3 Å². The van der Waals surface area contributed by atoms with Crippen molar-refractivity contribution in [2.24, 2.45) is 5.73 Å². The number of nitrogens with one attached hydrogen (secondary N) is 1. The lowest BCUT2D eigenvalue weighted by Crippen LogP contribution is -2.21. The Morgan fingerprint density at radius 1 is 1.19 bits per heavy atom. The highest BCUT2D eigenvalue weighted by molar-refractivity contribution is 5.73. The molecule has 1 aliphatic heterocycles. The number of hydrogen-bond donors (Lipinski definition) is 3. The summed E-state index contributed by atoms with van der Waals surface area (Å²) in [4.78, 5) is 25.5. The summed E-state index contributed by atoms with van der Waals surface area (Å²) in [5.41, 5.74) is 6.85. The zero-order valence-corrected chi connectivity index (χ0v) is 18.4. The van der Waals surface area contributed by atoms with Crippen LogP contribution in [0.3, 0.4) is 0 Å². The van der Waals surface area contributed by atoms with Crippen LogP contribution >= 0.6 is 0 Å². The van der Waals surface area contributed by atoms with Crippen LogP contribution in [-0.4, -0.2) is 50.3 Å². The van der Waals surface area contributed by atoms with E-state index in [0.29, 0.717) is 22.9 Å². The normalized spacial score (nSPS) is 12.1. The van der Waals surface area contributed by atoms with Crippen molar-refractivity contribution in [3.05, 3.63) is 64.0 Å². The van der Waals surface area contributed by atoms with Crippen molar-refractivity contribution >= 4 is 5.97 Å². The smallest absolute Gasteiger partial charge is 0.475 e. The summed E-state index contributed by atoms with van der Waals surface area (Å²) in [6.07, 6.45) is -5.63. The third kappa shape index (κ3) is 5.86. The number of aryl methyl sites for hydroxylation is 1. The van der Waals surface area contributed by atoms with Crippen LogP contribution in [0.5, 0.6) is 11.5 Å². The minimum absolute atomic E-state index is 0.106. The minimum Gasteiger partial charge on any atom is -0.475 e. The van der Waals surface area contributed by atoms with E-state index in [9.17, 15) is 26.7 Å². The number of benzene rings is 1. The topological polar surface area (TPSA) is 145 Å². The number of halogens is 5. The maximum Gasteiger partial charge on any atom is 0.490 e. The molecule has 15 heteroatoms. The van der Waals surface area contributed by atoms with Gasteiger partial charge in [0, 0.05) is 30.3 Å². The van der Waals surface area contributed by atoms with E-state index in [1.54, 1.807) is 13.1 Å². The summed E-state index contributed by atoms with van der Waals surface area (Å²) in [7, 11) is 0. The molecule has 3 aromatic rings. The predicted molar refractivity (Wildman–Crippen MR) is 114 cm³/mol. The van der Waals surface area contributed by atoms with Gasteiger partial charge in [0.05, 0.1) is 0 Å². The van der Waals surface area contributed by atoms with Crippen LogP contribution in [0, 0.1) is 6.92 Å². The fourth-order valence-electron chi connectivity index (χ4n) is 3.11. The van der Waals surface area contributed by atoms with Crippen LogP contribution in [0.2, 0.25) is 0 Å². The molecule has 0 saturated heterocycles. The SMILES string of the molecule is Cc1cc(-c2ccc3c(c2)OCO3)cnc1-n1c(CC(CN)=C(F)F)n[nH]c1=O.O=C(O)C(F)(F)F. The first kappa shape index (κ1) is 26.3. The second kappa shape index (κ2) is 10.6. The first-order valence-corrected chi connectivity index (χ1v) is 9.99. The second-order valence-electron chi connectivity index (χ2n) is 7.26. The van der Waals surface area contributed by atoms with Crippen LogP contribution in [0.15, 0.2) is 46.9 Å². The van der Waals surface area contributed by atoms with Crippen LogP contribution in [0.25, 0.3) is 16.9 Å². The Kier molecular flexibility index (Phi) is 7.72. The van der Waals surface area contributed by atoms with E-state index in [-0.39, 0.29) is 31.2 Å². The van der Waals surface area contributed by atoms with E-state index in [4.69, 9.17) is 25.1 Å². The maximum absolute atomic E-state index is 13.0. The first-order valence-electron chi connectivity index (χ1n) is 9.99. The number of aromatic nitrogens is 4. The lowest BCUT2D eigenvalue weighted by molar-refractivity contribution is -0.192. The number of fused-ring (bicyclic) bond motifs is 1. The Balaban J connectivity index is 0.000000454. The van der Waals surface area contributed by atoms with Crippen molar-refractivity contribution in [2.45, 2.75) is 19.5 Å². The van der Waals surface area contributed by atoms with E-state index in [1.807, 2.05) is 24.3 Å². The van der Waals surface area contributed by atoms with Crippen molar-refractivity contribution in [1.82, 2.24) is 19.7 Å². The Labute approximate surface area is 198 Å². The highest BCUT2D eigenvalue weighted by atomic mass is 19.4. The van der Waals surface area contributed by atoms with Gasteiger partial charge in [0.1, 0.15) is 11.6 Å². The molecule has 1 aromatic carbocycles. The van der Waals surface area contributed by atoms with Crippen LogP contribution < -0.4 is 20.9 Å². The van der Waals surface area contributed by atoms with Crippen molar-refractivity contribution in [1.29, 1.82) is 0 Å². The van der Waals surface area contributed by atoms with Gasteiger partial charge in [0.15, 0.2) is 11.5 Å². The predicted octanol–water partition coefficient (Wildman–Crippen LogP) is 2.94. The molecule has 0 amide bonds. The van der Waals surface area contributed by atoms with Gasteiger partial charge in [-0.2, -0.15) is 27.1 Å². The minimum atomic E-state index is -5.08. The summed E-state index contributed by atoms with van der Waals surface area (Å²) < 4.78 is 69.6. The molecule has 4 N–H and O–H groups in total. The first-order chi connectivity index (χ1) is 16.9. The zero-order chi connectivity index (χ0) is 26.6. The average molecular weight is 515 g/mol. The molecule has 0 spiro atoms. The Bertz CT molecular complexity index is 1360. The van der Waals surface area contributed by atoms with Gasteiger partial charge in [0.2, 0.25) is 6.79 Å². The third-order valence-electron chi connectivity index (χ3n) is 4.84. The van der Waals surface area contributed by atoms with Crippen molar-refractivity contribution in [3.8, 4) is 28.4 Å². The van der Waals surface area contributed by atoms with Gasteiger partial charge in [-0.05, 0) is 36.2 Å². The number of aliphatic carboxylic acids is 1. The molecular formula is C21H18F5N5O5. The van der Waals surface area contributed by atoms with E-state index in [2.05, 4.69) is 15.2 Å². The number of ether oxygens (including phenoxy) is 2. The number of alkyl halides is 3. The van der Waals surface area contributed by atoms with Crippen LogP contribution in [0.4, 0.5) is 22.0 Å². The van der Waals surface area contributed by atoms with E-state index in [0.717, 1.165) is 11.1 Å². The number of rotatable bonds is 5. The summed E-state index contributed by atoms with van der Waals surface area (Å²) in [5.74, 6) is -1.03. The molecule has 36 heavy (non-hydrogen) atoms. The molecule has 192 valence electrons. The summed E-state index contributed by atoms with van der Waals surface area (Å²) in [6.45, 7) is 1.62. The van der Waals surface area contributed by atoms with Crippen LogP contribution in [-0.2, 0) is 11.2 Å². The molecule has 0 saturated carbocycles. The number of nitrogens with zero attached hydrogens (tertiary/aromatic N) is 3. The number of carboxylic acids is 1. The van der Waals surface area contributed by atoms with E-state index in [1.165, 1.54) is 4.57 Å². The number of carbonyl (C=O) groups is 1. The lowest BCUT2D eigenvalue weighted by atomic mass is 10.1. The molecule has 0 aliphatic carbocycles. The van der Waals surface area contributed by atoms with Gasteiger partial charge >= 0.3 is 17.8 Å². The maximum atomic E-state index is 13.0. The van der Waals surface area contributed by atoms with E-state index >= 15 is 0 Å². The number of hydrogen-bond acceptors (Lipinski definition) is 7. The molecule has 0 fully saturated rings. The molecule has 0 atom stereocenters. The fraction of sp³-hybridized carbons (Fsp3) is 0.238. The van der Waals surface area contributed by atoms with Crippen LogP contribution in [0.1, 0.15) is 11.4 Å². The Hall–Kier alpha value is -4.27. The fourth-order valence-corrected chi connectivity index (χ4v) is 3.11. The number of carboxylic acid groups (broad SMARTS) is 1. The lowest BCUT2D eigenvalue weighted by Gasteiger charge is -2.11. The molecule has 2 aromatic heterocycles. The highest BCUT2D eigenvalue weighted by Crippen LogP contribution is 2.36. The number of H-pyrrole nitrogens is 1. The van der Waals surface area contributed by atoms with Gasteiger partial charge in [-0.25, -0.2) is 24.2 Å². The quantitative estimate of drug-likeness (QED) is 0.440. The Morgan fingerprint density at radius 2 is 1.86 bits per heavy atom. The molecule has 0 radical (unpaired) electrons. The summed E-state index contributed by atoms with van der Waals surface area (Å²) >= 11 is 0. The summed E-state index contributed by atoms with van der Waals surface area (Å²) in [5, 5.41) is 13.3. The molecule has 3 heterocycles. The molecule has 0 bridgehead atoms. The molecule has 10 nitrogen and oxygen atoms in total. The van der Waals surface area contributed by atoms with Gasteiger partial charge in [-0.3, -0.25) is 0 Å². The van der Waals surface area contributed by atoms with Crippen molar-refractivity contribution in [2.75, 3.05) is 13.3 Å². The molecule has 0 unspecified atom stereocenters. The molecule has 1 aliphatic rings. The summed E-state index contributed by atoms with van der Waals surface area (Å²) in [6, 6.07) is 7.38. The second-order valence-corrected chi connectivity index (χ2v) is 7.26. The number of pyridine rings is 1. The average Bonchev–Trinajstić information content (AvgIpc) is 3.42. The molecule has 4 rings (SSSR count). The van der Waals surface area contributed by atoms with E-state index < -0.39 is 23.9 Å². The van der Waals surface area contributed by atoms with Gasteiger partial charge in [-0.15, -0.1) is 0 Å². The van der Waals surface area contributed by atoms with Crippen molar-refractivity contribution in [3.63, 3.8) is 0 Å². The monoisotopic (exact) mass is 515 g/mol. The van der Waals surface area contributed by atoms with Gasteiger partial charge in [0.25, 0.3) is 6.08 Å². The number of nitrogens with two attached hydrogens (primary N) is 1. The standard InChI is InChI=1S/C19H17F2N5O3.C2HF3O2/c1-10-4-13(11-2-3-14-15(5-11)29-9-28-14)8-23-18(10)26-16(24-25-19(26)27)6-12(7-22)17(20)21;3-2(4,5)1(6)7/h2-5,8H,6-7,9,22H2,1H3,(H,25,27);(H,6,7). The largest absolute Gasteiger partial charge is 0.490 e. The highest BCUT2D eigenvalue weighted by Gasteiger charge is 2.38. The van der Waals surface area contributed by atoms with Gasteiger partial charge < -0.3 is 20.3 Å². The van der Waals surface area contributed by atoms with Gasteiger partial charge in [-0.1, -0.05) is 6.07 Å². The third-order valence-corrected chi connectivity index (χ3v) is 4.84.